The molecule has 0 unspecified atom stereocenters. The molecule has 0 radical (unpaired) electrons. The molecule has 2 aromatic carbocycles. The zero-order valence-corrected chi connectivity index (χ0v) is 10.6. The van der Waals surface area contributed by atoms with E-state index < -0.39 is 4.92 Å². The number of hydrogen-bond donors (Lipinski definition) is 1. The van der Waals surface area contributed by atoms with E-state index in [0.29, 0.717) is 10.8 Å². The Morgan fingerprint density at radius 2 is 1.89 bits per heavy atom. The molecule has 98 valence electrons. The highest BCUT2D eigenvalue weighted by Crippen LogP contribution is 2.23. The van der Waals surface area contributed by atoms with Crippen molar-refractivity contribution < 1.29 is 9.66 Å². The Balaban J connectivity index is 2.06. The SMILES string of the molecule is Nc1cc(COc2ccc(Cl)cc2)ccc1[N+](=O)[O-]. The van der Waals surface area contributed by atoms with Crippen LogP contribution in [0.3, 0.4) is 0 Å². The van der Waals surface area contributed by atoms with Gasteiger partial charge in [-0.3, -0.25) is 10.1 Å². The normalized spacial score (nSPS) is 10.2. The molecule has 0 amide bonds. The standard InChI is InChI=1S/C13H11ClN2O3/c14-10-2-4-11(5-3-10)19-8-9-1-6-13(16(17)18)12(15)7-9/h1-7H,8,15H2. The minimum Gasteiger partial charge on any atom is -0.489 e. The quantitative estimate of drug-likeness (QED) is 0.528. The third-order valence-electron chi connectivity index (χ3n) is 2.51. The van der Waals surface area contributed by atoms with E-state index >= 15 is 0 Å². The van der Waals surface area contributed by atoms with Gasteiger partial charge in [-0.05, 0) is 42.0 Å². The summed E-state index contributed by atoms with van der Waals surface area (Å²) in [4.78, 5) is 10.1. The van der Waals surface area contributed by atoms with Crippen molar-refractivity contribution >= 4 is 23.0 Å². The number of nitro benzene ring substituents is 1. The van der Waals surface area contributed by atoms with Gasteiger partial charge in [0.2, 0.25) is 0 Å². The number of anilines is 1. The molecule has 0 aliphatic rings. The number of rotatable bonds is 4. The maximum atomic E-state index is 10.6. The third kappa shape index (κ3) is 3.35. The van der Waals surface area contributed by atoms with E-state index in [9.17, 15) is 10.1 Å². The molecule has 0 bridgehead atoms. The predicted octanol–water partition coefficient (Wildman–Crippen LogP) is 3.41. The predicted molar refractivity (Wildman–Crippen MR) is 73.3 cm³/mol. The van der Waals surface area contributed by atoms with Crippen LogP contribution in [-0.2, 0) is 6.61 Å². The number of nitro groups is 1. The van der Waals surface area contributed by atoms with Crippen LogP contribution in [0, 0.1) is 10.1 Å². The van der Waals surface area contributed by atoms with Gasteiger partial charge in [0, 0.05) is 11.1 Å². The highest BCUT2D eigenvalue weighted by Gasteiger charge is 2.11. The lowest BCUT2D eigenvalue weighted by Crippen LogP contribution is -1.99. The van der Waals surface area contributed by atoms with Crippen LogP contribution in [0.1, 0.15) is 5.56 Å². The van der Waals surface area contributed by atoms with E-state index in [0.717, 1.165) is 5.56 Å². The minimum absolute atomic E-state index is 0.102. The Labute approximate surface area is 114 Å². The summed E-state index contributed by atoms with van der Waals surface area (Å²) in [5, 5.41) is 11.3. The van der Waals surface area contributed by atoms with Crippen LogP contribution >= 0.6 is 11.6 Å². The molecule has 2 N–H and O–H groups in total. The van der Waals surface area contributed by atoms with E-state index in [1.54, 1.807) is 30.3 Å². The average molecular weight is 279 g/mol. The van der Waals surface area contributed by atoms with Crippen LogP contribution in [-0.4, -0.2) is 4.92 Å². The van der Waals surface area contributed by atoms with Crippen LogP contribution in [0.25, 0.3) is 0 Å². The molecule has 0 aliphatic carbocycles. The topological polar surface area (TPSA) is 78.4 Å². The molecule has 2 aromatic rings. The lowest BCUT2D eigenvalue weighted by atomic mass is 10.2. The van der Waals surface area contributed by atoms with Crippen LogP contribution in [0.5, 0.6) is 5.75 Å². The highest BCUT2D eigenvalue weighted by atomic mass is 35.5. The van der Waals surface area contributed by atoms with Crippen molar-refractivity contribution in [1.29, 1.82) is 0 Å². The number of nitrogen functional groups attached to an aromatic ring is 1. The molecule has 0 aromatic heterocycles. The van der Waals surface area contributed by atoms with Crippen LogP contribution < -0.4 is 10.5 Å². The fourth-order valence-electron chi connectivity index (χ4n) is 1.56. The molecule has 0 heterocycles. The van der Waals surface area contributed by atoms with Gasteiger partial charge in [-0.1, -0.05) is 11.6 Å². The van der Waals surface area contributed by atoms with Gasteiger partial charge in [-0.2, -0.15) is 0 Å². The summed E-state index contributed by atoms with van der Waals surface area (Å²) < 4.78 is 5.52. The van der Waals surface area contributed by atoms with Crippen LogP contribution in [0.2, 0.25) is 5.02 Å². The maximum absolute atomic E-state index is 10.6. The van der Waals surface area contributed by atoms with Crippen molar-refractivity contribution in [3.05, 3.63) is 63.2 Å². The summed E-state index contributed by atoms with van der Waals surface area (Å²) in [6, 6.07) is 11.5. The lowest BCUT2D eigenvalue weighted by molar-refractivity contribution is -0.383. The number of halogens is 1. The van der Waals surface area contributed by atoms with Crippen molar-refractivity contribution in [2.24, 2.45) is 0 Å². The molecular formula is C13H11ClN2O3. The number of hydrogen-bond acceptors (Lipinski definition) is 4. The Bertz CT molecular complexity index is 599. The van der Waals surface area contributed by atoms with Gasteiger partial charge in [-0.25, -0.2) is 0 Å². The first-order valence-electron chi connectivity index (χ1n) is 5.47. The second-order valence-corrected chi connectivity index (χ2v) is 4.33. The molecule has 0 aliphatic heterocycles. The summed E-state index contributed by atoms with van der Waals surface area (Å²) >= 11 is 5.76. The summed E-state index contributed by atoms with van der Waals surface area (Å²) in [6.45, 7) is 0.282. The Morgan fingerprint density at radius 3 is 2.47 bits per heavy atom. The Morgan fingerprint density at radius 1 is 1.21 bits per heavy atom. The first-order chi connectivity index (χ1) is 9.06. The molecule has 0 fully saturated rings. The lowest BCUT2D eigenvalue weighted by Gasteiger charge is -2.07. The van der Waals surface area contributed by atoms with E-state index in [2.05, 4.69) is 0 Å². The highest BCUT2D eigenvalue weighted by molar-refractivity contribution is 6.30. The summed E-state index contributed by atoms with van der Waals surface area (Å²) in [6.07, 6.45) is 0. The van der Waals surface area contributed by atoms with Gasteiger partial charge in [0.05, 0.1) is 4.92 Å². The molecule has 6 heteroatoms. The van der Waals surface area contributed by atoms with E-state index in [1.165, 1.54) is 12.1 Å². The van der Waals surface area contributed by atoms with Gasteiger partial charge < -0.3 is 10.5 Å². The van der Waals surface area contributed by atoms with Crippen LogP contribution in [0.15, 0.2) is 42.5 Å². The second-order valence-electron chi connectivity index (χ2n) is 3.89. The molecule has 0 saturated heterocycles. The molecule has 2 rings (SSSR count). The van der Waals surface area contributed by atoms with E-state index in [4.69, 9.17) is 22.1 Å². The molecule has 0 atom stereocenters. The first-order valence-corrected chi connectivity index (χ1v) is 5.85. The van der Waals surface area contributed by atoms with Gasteiger partial charge in [-0.15, -0.1) is 0 Å². The minimum atomic E-state index is -0.515. The molecule has 0 spiro atoms. The average Bonchev–Trinajstić information content (AvgIpc) is 2.37. The number of nitrogens with zero attached hydrogens (tertiary/aromatic N) is 1. The van der Waals surface area contributed by atoms with Crippen LogP contribution in [0.4, 0.5) is 11.4 Å². The fourth-order valence-corrected chi connectivity index (χ4v) is 1.68. The first kappa shape index (κ1) is 13.2. The monoisotopic (exact) mass is 278 g/mol. The summed E-state index contributed by atoms with van der Waals surface area (Å²) in [5.41, 5.74) is 6.38. The molecular weight excluding hydrogens is 268 g/mol. The van der Waals surface area contributed by atoms with Gasteiger partial charge in [0.1, 0.15) is 18.0 Å². The molecule has 19 heavy (non-hydrogen) atoms. The maximum Gasteiger partial charge on any atom is 0.292 e. The second kappa shape index (κ2) is 5.58. The zero-order chi connectivity index (χ0) is 13.8. The summed E-state index contributed by atoms with van der Waals surface area (Å²) in [7, 11) is 0. The fraction of sp³-hybridized carbons (Fsp3) is 0.0769. The van der Waals surface area contributed by atoms with E-state index in [1.807, 2.05) is 0 Å². The third-order valence-corrected chi connectivity index (χ3v) is 2.76. The van der Waals surface area contributed by atoms with Crippen molar-refractivity contribution in [3.8, 4) is 5.75 Å². The zero-order valence-electron chi connectivity index (χ0n) is 9.88. The largest absolute Gasteiger partial charge is 0.489 e. The van der Waals surface area contributed by atoms with Gasteiger partial charge >= 0.3 is 0 Å². The number of nitrogens with two attached hydrogens (primary N) is 1. The van der Waals surface area contributed by atoms with Crippen molar-refractivity contribution in [3.63, 3.8) is 0 Å². The van der Waals surface area contributed by atoms with Crippen molar-refractivity contribution in [2.75, 3.05) is 5.73 Å². The van der Waals surface area contributed by atoms with Crippen molar-refractivity contribution in [2.45, 2.75) is 6.61 Å². The van der Waals surface area contributed by atoms with Gasteiger partial charge in [0.25, 0.3) is 5.69 Å². The Hall–Kier alpha value is -2.27. The molecule has 5 nitrogen and oxygen atoms in total. The van der Waals surface area contributed by atoms with E-state index in [-0.39, 0.29) is 18.0 Å². The van der Waals surface area contributed by atoms with Crippen molar-refractivity contribution in [1.82, 2.24) is 0 Å². The number of ether oxygens (including phenoxy) is 1. The smallest absolute Gasteiger partial charge is 0.292 e. The Kier molecular flexibility index (Phi) is 3.87. The number of benzene rings is 2. The summed E-state index contributed by atoms with van der Waals surface area (Å²) in [5.74, 6) is 0.668. The van der Waals surface area contributed by atoms with Gasteiger partial charge in [0.15, 0.2) is 0 Å². The molecule has 0 saturated carbocycles.